The second-order valence-electron chi connectivity index (χ2n) is 9.59. The number of hydrogen-bond acceptors (Lipinski definition) is 2. The van der Waals surface area contributed by atoms with Gasteiger partial charge in [0.05, 0.1) is 11.4 Å². The van der Waals surface area contributed by atoms with Gasteiger partial charge in [-0.05, 0) is 52.4 Å². The number of anilines is 3. The van der Waals surface area contributed by atoms with Gasteiger partial charge in [0, 0.05) is 22.3 Å². The van der Waals surface area contributed by atoms with Crippen LogP contribution in [0.5, 0.6) is 0 Å². The first kappa shape index (κ1) is 22.3. The molecule has 0 bridgehead atoms. The van der Waals surface area contributed by atoms with Crippen molar-refractivity contribution < 1.29 is 0 Å². The summed E-state index contributed by atoms with van der Waals surface area (Å²) >= 11 is 0. The van der Waals surface area contributed by atoms with Gasteiger partial charge in [-0.2, -0.15) is 0 Å². The summed E-state index contributed by atoms with van der Waals surface area (Å²) in [5.41, 5.74) is 9.46. The number of para-hydroxylation sites is 1. The van der Waals surface area contributed by atoms with Gasteiger partial charge in [0.2, 0.25) is 0 Å². The summed E-state index contributed by atoms with van der Waals surface area (Å²) in [5.74, 6) is 0. The standard InChI is InChI=1S/C36H26N2/c1-3-13-28(14-4-1)35-36(37-35)33-20-10-9-18-31(33)27-22-24-30(25-23-27)38(29-16-5-2-6-17-29)34-21-11-15-26-12-7-8-19-32(26)34/h1-25,35H. The van der Waals surface area contributed by atoms with Crippen LogP contribution in [-0.4, -0.2) is 5.71 Å². The smallest absolute Gasteiger partial charge is 0.118 e. The van der Waals surface area contributed by atoms with Crippen molar-refractivity contribution in [2.24, 2.45) is 4.99 Å². The molecule has 0 fully saturated rings. The summed E-state index contributed by atoms with van der Waals surface area (Å²) in [5, 5.41) is 2.46. The highest BCUT2D eigenvalue weighted by atomic mass is 15.1. The van der Waals surface area contributed by atoms with E-state index in [2.05, 4.69) is 157 Å². The third-order valence-corrected chi connectivity index (χ3v) is 7.24. The molecule has 180 valence electrons. The van der Waals surface area contributed by atoms with E-state index in [1.54, 1.807) is 0 Å². The molecule has 0 saturated carbocycles. The highest BCUT2D eigenvalue weighted by molar-refractivity contribution is 6.17. The Morgan fingerprint density at radius 2 is 1.08 bits per heavy atom. The zero-order valence-corrected chi connectivity index (χ0v) is 20.9. The molecule has 0 radical (unpaired) electrons. The number of benzene rings is 6. The molecule has 2 nitrogen and oxygen atoms in total. The third kappa shape index (κ3) is 4.07. The monoisotopic (exact) mass is 486 g/mol. The van der Waals surface area contributed by atoms with Gasteiger partial charge >= 0.3 is 0 Å². The molecule has 38 heavy (non-hydrogen) atoms. The number of fused-ring (bicyclic) bond motifs is 1. The SMILES string of the molecule is c1ccc(C2N=C2c2ccccc2-c2ccc(N(c3ccccc3)c3cccc4ccccc34)cc2)cc1. The van der Waals surface area contributed by atoms with E-state index in [1.807, 2.05) is 0 Å². The van der Waals surface area contributed by atoms with Crippen molar-refractivity contribution in [1.82, 2.24) is 0 Å². The van der Waals surface area contributed by atoms with Gasteiger partial charge in [-0.3, -0.25) is 4.99 Å². The zero-order valence-electron chi connectivity index (χ0n) is 20.9. The maximum atomic E-state index is 4.84. The normalized spacial score (nSPS) is 14.2. The molecule has 1 aliphatic heterocycles. The van der Waals surface area contributed by atoms with Crippen LogP contribution in [0.2, 0.25) is 0 Å². The van der Waals surface area contributed by atoms with Gasteiger partial charge in [-0.1, -0.05) is 121 Å². The molecule has 1 heterocycles. The lowest BCUT2D eigenvalue weighted by Crippen LogP contribution is -2.10. The van der Waals surface area contributed by atoms with Gasteiger partial charge in [0.1, 0.15) is 6.04 Å². The van der Waals surface area contributed by atoms with Gasteiger partial charge in [0.25, 0.3) is 0 Å². The van der Waals surface area contributed by atoms with Crippen molar-refractivity contribution in [3.8, 4) is 11.1 Å². The van der Waals surface area contributed by atoms with Crippen molar-refractivity contribution in [1.29, 1.82) is 0 Å². The van der Waals surface area contributed by atoms with Crippen LogP contribution in [0.15, 0.2) is 157 Å². The fourth-order valence-electron chi connectivity index (χ4n) is 5.34. The second-order valence-corrected chi connectivity index (χ2v) is 9.59. The summed E-state index contributed by atoms with van der Waals surface area (Å²) < 4.78 is 0. The summed E-state index contributed by atoms with van der Waals surface area (Å²) in [6, 6.07) is 53.9. The molecule has 2 heteroatoms. The Kier molecular flexibility index (Phi) is 5.56. The molecule has 0 N–H and O–H groups in total. The van der Waals surface area contributed by atoms with Crippen LogP contribution in [-0.2, 0) is 0 Å². The number of nitrogens with zero attached hydrogens (tertiary/aromatic N) is 2. The quantitative estimate of drug-likeness (QED) is 0.229. The van der Waals surface area contributed by atoms with Crippen LogP contribution in [0.25, 0.3) is 21.9 Å². The van der Waals surface area contributed by atoms with Crippen molar-refractivity contribution in [2.75, 3.05) is 4.90 Å². The Morgan fingerprint density at radius 1 is 0.474 bits per heavy atom. The average Bonchev–Trinajstić information content (AvgIpc) is 3.80. The first-order chi connectivity index (χ1) is 18.9. The molecular weight excluding hydrogens is 460 g/mol. The van der Waals surface area contributed by atoms with Crippen molar-refractivity contribution >= 4 is 33.5 Å². The second kappa shape index (κ2) is 9.49. The van der Waals surface area contributed by atoms with E-state index in [0.717, 1.165) is 17.1 Å². The van der Waals surface area contributed by atoms with Crippen LogP contribution in [0, 0.1) is 0 Å². The summed E-state index contributed by atoms with van der Waals surface area (Å²) in [7, 11) is 0. The molecule has 0 spiro atoms. The lowest BCUT2D eigenvalue weighted by Gasteiger charge is -2.27. The lowest BCUT2D eigenvalue weighted by molar-refractivity contribution is 1.13. The fourth-order valence-corrected chi connectivity index (χ4v) is 5.34. The Morgan fingerprint density at radius 3 is 1.87 bits per heavy atom. The maximum Gasteiger partial charge on any atom is 0.118 e. The average molecular weight is 487 g/mol. The molecule has 7 rings (SSSR count). The molecule has 0 saturated heterocycles. The van der Waals surface area contributed by atoms with E-state index in [4.69, 9.17) is 4.99 Å². The van der Waals surface area contributed by atoms with Gasteiger partial charge in [-0.15, -0.1) is 0 Å². The largest absolute Gasteiger partial charge is 0.310 e. The lowest BCUT2D eigenvalue weighted by atomic mass is 9.95. The zero-order chi connectivity index (χ0) is 25.3. The highest BCUT2D eigenvalue weighted by Crippen LogP contribution is 2.41. The Labute approximate surface area is 223 Å². The molecule has 0 aliphatic carbocycles. The molecule has 1 aliphatic rings. The molecule has 1 unspecified atom stereocenters. The molecule has 1 atom stereocenters. The van der Waals surface area contributed by atoms with Crippen LogP contribution >= 0.6 is 0 Å². The number of aliphatic imine (C=N–C) groups is 1. The van der Waals surface area contributed by atoms with Crippen molar-refractivity contribution in [3.63, 3.8) is 0 Å². The van der Waals surface area contributed by atoms with Crippen molar-refractivity contribution in [3.05, 3.63) is 163 Å². The number of rotatable bonds is 6. The van der Waals surface area contributed by atoms with E-state index >= 15 is 0 Å². The van der Waals surface area contributed by atoms with Crippen LogP contribution < -0.4 is 4.90 Å². The van der Waals surface area contributed by atoms with Gasteiger partial charge in [-0.25, -0.2) is 0 Å². The minimum Gasteiger partial charge on any atom is -0.310 e. The Bertz CT molecular complexity index is 1750. The van der Waals surface area contributed by atoms with E-state index < -0.39 is 0 Å². The molecule has 6 aromatic rings. The minimum atomic E-state index is 0.163. The molecule has 0 amide bonds. The molecule has 0 aromatic heterocycles. The van der Waals surface area contributed by atoms with Gasteiger partial charge < -0.3 is 4.90 Å². The van der Waals surface area contributed by atoms with E-state index in [-0.39, 0.29) is 6.04 Å². The van der Waals surface area contributed by atoms with Crippen LogP contribution in [0.4, 0.5) is 17.1 Å². The third-order valence-electron chi connectivity index (χ3n) is 7.24. The van der Waals surface area contributed by atoms with Crippen LogP contribution in [0.1, 0.15) is 17.2 Å². The van der Waals surface area contributed by atoms with Crippen LogP contribution in [0.3, 0.4) is 0 Å². The first-order valence-electron chi connectivity index (χ1n) is 13.0. The molecule has 6 aromatic carbocycles. The minimum absolute atomic E-state index is 0.163. The topological polar surface area (TPSA) is 15.6 Å². The van der Waals surface area contributed by atoms with E-state index in [9.17, 15) is 0 Å². The fraction of sp³-hybridized carbons (Fsp3) is 0.0278. The predicted molar refractivity (Wildman–Crippen MR) is 160 cm³/mol. The number of hydrogen-bond donors (Lipinski definition) is 0. The van der Waals surface area contributed by atoms with E-state index in [1.165, 1.54) is 38.7 Å². The summed E-state index contributed by atoms with van der Waals surface area (Å²) in [4.78, 5) is 7.19. The van der Waals surface area contributed by atoms with Gasteiger partial charge in [0.15, 0.2) is 0 Å². The summed E-state index contributed by atoms with van der Waals surface area (Å²) in [6.45, 7) is 0. The summed E-state index contributed by atoms with van der Waals surface area (Å²) in [6.07, 6.45) is 0. The van der Waals surface area contributed by atoms with E-state index in [0.29, 0.717) is 0 Å². The van der Waals surface area contributed by atoms with Crippen molar-refractivity contribution in [2.45, 2.75) is 6.04 Å². The first-order valence-corrected chi connectivity index (χ1v) is 13.0. The Hall–Kier alpha value is -4.95. The highest BCUT2D eigenvalue weighted by Gasteiger charge is 2.32. The maximum absolute atomic E-state index is 4.84. The predicted octanol–water partition coefficient (Wildman–Crippen LogP) is 9.52. The molecular formula is C36H26N2. The Balaban J connectivity index is 1.27.